The minimum atomic E-state index is -0.245. The van der Waals surface area contributed by atoms with Crippen molar-refractivity contribution in [1.29, 1.82) is 0 Å². The molecule has 5 rings (SSSR count). The average molecular weight is 527 g/mol. The minimum Gasteiger partial charge on any atom is -0.321 e. The van der Waals surface area contributed by atoms with Crippen molar-refractivity contribution in [2.45, 2.75) is 44.7 Å². The highest BCUT2D eigenvalue weighted by Crippen LogP contribution is 2.31. The van der Waals surface area contributed by atoms with E-state index in [4.69, 9.17) is 23.2 Å². The molecule has 2 saturated heterocycles. The number of carbonyl (C=O) groups is 1. The highest BCUT2D eigenvalue weighted by molar-refractivity contribution is 6.42. The Kier molecular flexibility index (Phi) is 8.27. The summed E-state index contributed by atoms with van der Waals surface area (Å²) in [6.45, 7) is 6.69. The number of aromatic nitrogens is 2. The van der Waals surface area contributed by atoms with Crippen molar-refractivity contribution in [2.24, 2.45) is 0 Å². The zero-order valence-corrected chi connectivity index (χ0v) is 22.0. The van der Waals surface area contributed by atoms with Gasteiger partial charge in [-0.3, -0.25) is 9.48 Å². The fourth-order valence-corrected chi connectivity index (χ4v) is 5.66. The third kappa shape index (κ3) is 6.12. The normalized spacial score (nSPS) is 17.5. The van der Waals surface area contributed by atoms with Gasteiger partial charge in [-0.05, 0) is 94.7 Å². The lowest BCUT2D eigenvalue weighted by Gasteiger charge is -2.36. The molecular weight excluding hydrogens is 493 g/mol. The second-order valence-corrected chi connectivity index (χ2v) is 10.6. The maximum atomic E-state index is 13.2. The van der Waals surface area contributed by atoms with Crippen molar-refractivity contribution in [3.63, 3.8) is 0 Å². The number of rotatable bonds is 8. The van der Waals surface area contributed by atoms with Gasteiger partial charge in [0, 0.05) is 30.0 Å². The minimum absolute atomic E-state index is 0.245. The Morgan fingerprint density at radius 2 is 1.69 bits per heavy atom. The van der Waals surface area contributed by atoms with Crippen molar-refractivity contribution in [3.05, 3.63) is 70.5 Å². The van der Waals surface area contributed by atoms with Crippen molar-refractivity contribution in [1.82, 2.24) is 19.6 Å². The molecule has 1 aromatic heterocycles. The van der Waals surface area contributed by atoms with Crippen LogP contribution in [0, 0.1) is 0 Å². The van der Waals surface area contributed by atoms with Crippen LogP contribution < -0.4 is 5.32 Å². The van der Waals surface area contributed by atoms with Crippen LogP contribution in [0.25, 0.3) is 11.1 Å². The van der Waals surface area contributed by atoms with Gasteiger partial charge in [-0.25, -0.2) is 0 Å². The van der Waals surface area contributed by atoms with E-state index in [1.807, 2.05) is 47.3 Å². The maximum absolute atomic E-state index is 13.2. The van der Waals surface area contributed by atoms with Gasteiger partial charge < -0.3 is 15.1 Å². The number of benzene rings is 2. The highest BCUT2D eigenvalue weighted by Gasteiger charge is 2.26. The summed E-state index contributed by atoms with van der Waals surface area (Å²) in [4.78, 5) is 18.4. The van der Waals surface area contributed by atoms with E-state index in [-0.39, 0.29) is 5.91 Å². The van der Waals surface area contributed by atoms with Crippen LogP contribution in [0.15, 0.2) is 54.7 Å². The van der Waals surface area contributed by atoms with Gasteiger partial charge in [0.2, 0.25) is 0 Å². The number of nitrogens with one attached hydrogen (secondary N) is 1. The number of piperidine rings is 1. The van der Waals surface area contributed by atoms with Crippen LogP contribution in [0.3, 0.4) is 0 Å². The van der Waals surface area contributed by atoms with Crippen LogP contribution in [-0.2, 0) is 6.54 Å². The molecule has 2 fully saturated rings. The molecule has 0 spiro atoms. The van der Waals surface area contributed by atoms with Crippen LogP contribution in [0.4, 0.5) is 5.69 Å². The Labute approximate surface area is 223 Å². The molecule has 2 aromatic carbocycles. The molecule has 0 bridgehead atoms. The fourth-order valence-electron chi connectivity index (χ4n) is 5.36. The smallest absolute Gasteiger partial charge is 0.276 e. The Morgan fingerprint density at radius 1 is 0.944 bits per heavy atom. The zero-order valence-electron chi connectivity index (χ0n) is 20.5. The van der Waals surface area contributed by atoms with E-state index in [1.54, 1.807) is 12.1 Å². The second-order valence-electron chi connectivity index (χ2n) is 9.77. The van der Waals surface area contributed by atoms with Crippen LogP contribution in [-0.4, -0.2) is 64.3 Å². The number of likely N-dealkylation sites (tertiary alicyclic amines) is 2. The highest BCUT2D eigenvalue weighted by atomic mass is 35.5. The summed E-state index contributed by atoms with van der Waals surface area (Å²) in [7, 11) is 0. The van der Waals surface area contributed by atoms with Gasteiger partial charge >= 0.3 is 0 Å². The average Bonchev–Trinajstić information content (AvgIpc) is 3.58. The van der Waals surface area contributed by atoms with Crippen molar-refractivity contribution >= 4 is 34.8 Å². The monoisotopic (exact) mass is 525 g/mol. The van der Waals surface area contributed by atoms with E-state index in [1.165, 1.54) is 51.9 Å². The standard InChI is InChI=1S/C28H33Cl2N5O/c29-25-10-9-21(19-26(25)30)24-20-35(32-27(24)28(36)31-22-7-2-1-3-8-22)16-6-13-33-17-11-23(12-18-33)34-14-4-5-15-34/h1-3,7-10,19-20,23H,4-6,11-18H2,(H,31,36). The molecule has 0 radical (unpaired) electrons. The third-order valence-electron chi connectivity index (χ3n) is 7.31. The van der Waals surface area contributed by atoms with E-state index in [2.05, 4.69) is 20.2 Å². The number of aryl methyl sites for hydroxylation is 1. The summed E-state index contributed by atoms with van der Waals surface area (Å²) in [5.74, 6) is -0.245. The SMILES string of the molecule is O=C(Nc1ccccc1)c1nn(CCCN2CCC(N3CCCC3)CC2)cc1-c1ccc(Cl)c(Cl)c1. The Balaban J connectivity index is 1.24. The van der Waals surface area contributed by atoms with Gasteiger partial charge in [-0.1, -0.05) is 47.5 Å². The molecule has 0 unspecified atom stereocenters. The molecule has 8 heteroatoms. The molecular formula is C28H33Cl2N5O. The van der Waals surface area contributed by atoms with Crippen LogP contribution in [0.1, 0.15) is 42.6 Å². The first-order valence-corrected chi connectivity index (χ1v) is 13.7. The molecule has 6 nitrogen and oxygen atoms in total. The van der Waals surface area contributed by atoms with Crippen LogP contribution >= 0.6 is 23.2 Å². The number of hydrogen-bond acceptors (Lipinski definition) is 4. The molecule has 3 aromatic rings. The molecule has 2 aliphatic heterocycles. The summed E-state index contributed by atoms with van der Waals surface area (Å²) in [6.07, 6.45) is 8.19. The van der Waals surface area contributed by atoms with Gasteiger partial charge in [0.1, 0.15) is 0 Å². The number of halogens is 2. The molecule has 0 atom stereocenters. The molecule has 0 aliphatic carbocycles. The number of nitrogens with zero attached hydrogens (tertiary/aromatic N) is 4. The second kappa shape index (κ2) is 11.8. The number of para-hydroxylation sites is 1. The van der Waals surface area contributed by atoms with Crippen molar-refractivity contribution in [2.75, 3.05) is 38.0 Å². The maximum Gasteiger partial charge on any atom is 0.276 e. The van der Waals surface area contributed by atoms with Gasteiger partial charge in [-0.2, -0.15) is 5.10 Å². The molecule has 190 valence electrons. The number of amides is 1. The van der Waals surface area contributed by atoms with Gasteiger partial charge in [0.15, 0.2) is 5.69 Å². The predicted octanol–water partition coefficient (Wildman–Crippen LogP) is 6.06. The van der Waals surface area contributed by atoms with Crippen LogP contribution in [0.5, 0.6) is 0 Å². The summed E-state index contributed by atoms with van der Waals surface area (Å²) in [5, 5.41) is 8.58. The lowest BCUT2D eigenvalue weighted by Crippen LogP contribution is -2.44. The Hall–Kier alpha value is -2.38. The van der Waals surface area contributed by atoms with E-state index < -0.39 is 0 Å². The predicted molar refractivity (Wildman–Crippen MR) is 147 cm³/mol. The van der Waals surface area contributed by atoms with Crippen molar-refractivity contribution in [3.8, 4) is 11.1 Å². The molecule has 2 aliphatic rings. The summed E-state index contributed by atoms with van der Waals surface area (Å²) < 4.78 is 1.88. The fraction of sp³-hybridized carbons (Fsp3) is 0.429. The first-order valence-electron chi connectivity index (χ1n) is 12.9. The lowest BCUT2D eigenvalue weighted by atomic mass is 10.0. The van der Waals surface area contributed by atoms with Gasteiger partial charge in [0.05, 0.1) is 10.0 Å². The molecule has 1 amide bonds. The topological polar surface area (TPSA) is 53.4 Å². The molecule has 0 saturated carbocycles. The van der Waals surface area contributed by atoms with Crippen molar-refractivity contribution < 1.29 is 4.79 Å². The Bertz CT molecular complexity index is 1170. The molecule has 1 N–H and O–H groups in total. The van der Waals surface area contributed by atoms with Gasteiger partial charge in [0.25, 0.3) is 5.91 Å². The number of anilines is 1. The largest absolute Gasteiger partial charge is 0.321 e. The summed E-state index contributed by atoms with van der Waals surface area (Å²) in [5.41, 5.74) is 2.67. The first kappa shape index (κ1) is 25.3. The third-order valence-corrected chi connectivity index (χ3v) is 8.05. The Morgan fingerprint density at radius 3 is 2.42 bits per heavy atom. The van der Waals surface area contributed by atoms with Gasteiger partial charge in [-0.15, -0.1) is 0 Å². The number of carbonyl (C=O) groups excluding carboxylic acids is 1. The zero-order chi connectivity index (χ0) is 24.9. The van der Waals surface area contributed by atoms with E-state index in [0.717, 1.165) is 42.4 Å². The molecule has 36 heavy (non-hydrogen) atoms. The summed E-state index contributed by atoms with van der Waals surface area (Å²) >= 11 is 12.4. The quantitative estimate of drug-likeness (QED) is 0.388. The van der Waals surface area contributed by atoms with Crippen LogP contribution in [0.2, 0.25) is 10.0 Å². The first-order chi connectivity index (χ1) is 17.6. The van der Waals surface area contributed by atoms with E-state index in [0.29, 0.717) is 15.7 Å². The summed E-state index contributed by atoms with van der Waals surface area (Å²) in [6, 6.07) is 15.6. The number of hydrogen-bond donors (Lipinski definition) is 1. The molecule has 3 heterocycles. The van der Waals surface area contributed by atoms with E-state index in [9.17, 15) is 4.79 Å². The van der Waals surface area contributed by atoms with E-state index >= 15 is 0 Å². The lowest BCUT2D eigenvalue weighted by molar-refractivity contribution is 0.102.